The molecule has 0 aliphatic carbocycles. The summed E-state index contributed by atoms with van der Waals surface area (Å²) in [5, 5.41) is 15.1. The van der Waals surface area contributed by atoms with E-state index in [-0.39, 0.29) is 47.1 Å². The van der Waals surface area contributed by atoms with Gasteiger partial charge in [-0.05, 0) is 18.2 Å². The molecule has 2 aliphatic rings. The van der Waals surface area contributed by atoms with Crippen molar-refractivity contribution in [2.45, 2.75) is 6.54 Å². The van der Waals surface area contributed by atoms with Crippen LogP contribution < -0.4 is 10.1 Å². The Balaban J connectivity index is 0.00000136. The molecule has 0 spiro atoms. The lowest BCUT2D eigenvalue weighted by Gasteiger charge is -2.28. The summed E-state index contributed by atoms with van der Waals surface area (Å²) in [5.74, 6) is 0.383. The van der Waals surface area contributed by atoms with Gasteiger partial charge in [-0.15, -0.1) is 24.8 Å². The fourth-order valence-electron chi connectivity index (χ4n) is 3.94. The summed E-state index contributed by atoms with van der Waals surface area (Å²) in [4.78, 5) is 18.4. The number of piperazine rings is 1. The number of ketones is 1. The summed E-state index contributed by atoms with van der Waals surface area (Å²) < 4.78 is 5.99. The minimum absolute atomic E-state index is 0. The first-order valence-electron chi connectivity index (χ1n) is 9.59. The molecule has 5 rings (SSSR count). The number of nitrogens with zero attached hydrogens (tertiary/aromatic N) is 1. The lowest BCUT2D eigenvalue weighted by Crippen LogP contribution is -2.42. The summed E-state index contributed by atoms with van der Waals surface area (Å²) in [6, 6.07) is 9.37. The Labute approximate surface area is 197 Å². The molecule has 0 unspecified atom stereocenters. The van der Waals surface area contributed by atoms with Gasteiger partial charge in [0.05, 0.1) is 16.1 Å². The summed E-state index contributed by atoms with van der Waals surface area (Å²) >= 11 is 6.24. The minimum Gasteiger partial charge on any atom is -0.506 e. The van der Waals surface area contributed by atoms with Crippen LogP contribution in [0.25, 0.3) is 17.0 Å². The predicted octanol–water partition coefficient (Wildman–Crippen LogP) is 4.39. The van der Waals surface area contributed by atoms with Crippen molar-refractivity contribution >= 4 is 59.2 Å². The molecule has 1 aromatic heterocycles. The van der Waals surface area contributed by atoms with Gasteiger partial charge in [-0.3, -0.25) is 9.69 Å². The first-order chi connectivity index (χ1) is 14.1. The number of hydrogen-bond acceptors (Lipinski definition) is 5. The Kier molecular flexibility index (Phi) is 7.19. The number of phenolic OH excluding ortho intramolecular Hbond substituents is 1. The lowest BCUT2D eigenvalue weighted by molar-refractivity contribution is 0.101. The van der Waals surface area contributed by atoms with E-state index in [1.807, 2.05) is 30.5 Å². The maximum atomic E-state index is 13.0. The number of allylic oxidation sites excluding steroid dienone is 1. The Morgan fingerprint density at radius 2 is 1.94 bits per heavy atom. The van der Waals surface area contributed by atoms with E-state index in [1.54, 1.807) is 6.08 Å². The van der Waals surface area contributed by atoms with Crippen molar-refractivity contribution in [3.63, 3.8) is 0 Å². The van der Waals surface area contributed by atoms with E-state index in [2.05, 4.69) is 15.2 Å². The van der Waals surface area contributed by atoms with Gasteiger partial charge in [0.15, 0.2) is 5.76 Å². The van der Waals surface area contributed by atoms with E-state index in [4.69, 9.17) is 16.3 Å². The van der Waals surface area contributed by atoms with Crippen molar-refractivity contribution in [3.8, 4) is 11.5 Å². The molecule has 1 saturated heterocycles. The molecule has 3 aromatic rings. The average Bonchev–Trinajstić information content (AvgIpc) is 3.28. The number of aromatic hydroxyl groups is 1. The standard InChI is InChI=1S/C22H20ClN3O3.2ClH/c23-17-10-15-21(28)19(9-13-11-25-18-4-2-1-3-14(13)18)29-22(15)16(20(17)27)12-26-7-5-24-6-8-26;;/h1-4,9-11,24-25,27H,5-8,12H2;2*1H/b19-9-;;. The second-order valence-corrected chi connectivity index (χ2v) is 7.72. The number of Topliss-reactive ketones (excluding diaryl/α,β-unsaturated/α-hetero) is 1. The van der Waals surface area contributed by atoms with Crippen LogP contribution in [0.1, 0.15) is 21.5 Å². The van der Waals surface area contributed by atoms with Gasteiger partial charge in [0, 0.05) is 55.4 Å². The molecular weight excluding hydrogens is 461 g/mol. The third-order valence-corrected chi connectivity index (χ3v) is 5.77. The van der Waals surface area contributed by atoms with Gasteiger partial charge < -0.3 is 20.1 Å². The highest BCUT2D eigenvalue weighted by Crippen LogP contribution is 2.44. The molecule has 0 saturated carbocycles. The highest BCUT2D eigenvalue weighted by molar-refractivity contribution is 6.33. The molecule has 2 aromatic carbocycles. The molecule has 1 fully saturated rings. The third kappa shape index (κ3) is 4.27. The largest absolute Gasteiger partial charge is 0.506 e. The second-order valence-electron chi connectivity index (χ2n) is 7.32. The number of halogens is 3. The first-order valence-corrected chi connectivity index (χ1v) is 9.97. The van der Waals surface area contributed by atoms with Crippen molar-refractivity contribution in [1.29, 1.82) is 0 Å². The first kappa shape index (κ1) is 23.4. The number of aromatic amines is 1. The molecule has 3 heterocycles. The maximum Gasteiger partial charge on any atom is 0.232 e. The Bertz CT molecular complexity index is 1150. The fourth-order valence-corrected chi connectivity index (χ4v) is 4.16. The zero-order valence-corrected chi connectivity index (χ0v) is 18.9. The molecule has 31 heavy (non-hydrogen) atoms. The monoisotopic (exact) mass is 481 g/mol. The van der Waals surface area contributed by atoms with Crippen LogP contribution in [0.3, 0.4) is 0 Å². The number of hydrogen-bond donors (Lipinski definition) is 3. The number of aromatic nitrogens is 1. The molecule has 3 N–H and O–H groups in total. The van der Waals surface area contributed by atoms with Crippen LogP contribution in [0.15, 0.2) is 42.3 Å². The highest BCUT2D eigenvalue weighted by Gasteiger charge is 2.33. The molecule has 9 heteroatoms. The minimum atomic E-state index is -0.228. The van der Waals surface area contributed by atoms with Crippen LogP contribution in [-0.4, -0.2) is 47.0 Å². The summed E-state index contributed by atoms with van der Waals surface area (Å²) in [5.41, 5.74) is 2.81. The van der Waals surface area contributed by atoms with Gasteiger partial charge in [-0.1, -0.05) is 29.8 Å². The zero-order valence-electron chi connectivity index (χ0n) is 16.5. The average molecular weight is 483 g/mol. The van der Waals surface area contributed by atoms with E-state index < -0.39 is 0 Å². The number of fused-ring (bicyclic) bond motifs is 2. The number of ether oxygens (including phenoxy) is 1. The second kappa shape index (κ2) is 9.51. The Hall–Kier alpha value is -2.22. The molecule has 0 bridgehead atoms. The van der Waals surface area contributed by atoms with Gasteiger partial charge in [-0.25, -0.2) is 0 Å². The molecule has 164 valence electrons. The van der Waals surface area contributed by atoms with Gasteiger partial charge in [-0.2, -0.15) is 0 Å². The van der Waals surface area contributed by atoms with Gasteiger partial charge in [0.1, 0.15) is 11.5 Å². The van der Waals surface area contributed by atoms with Gasteiger partial charge in [0.25, 0.3) is 0 Å². The molecule has 0 atom stereocenters. The highest BCUT2D eigenvalue weighted by atomic mass is 35.5. The van der Waals surface area contributed by atoms with E-state index in [0.29, 0.717) is 23.4 Å². The molecule has 0 amide bonds. The molecule has 6 nitrogen and oxygen atoms in total. The number of benzene rings is 2. The lowest BCUT2D eigenvalue weighted by atomic mass is 10.0. The molecule has 2 aliphatic heterocycles. The van der Waals surface area contributed by atoms with E-state index >= 15 is 0 Å². The summed E-state index contributed by atoms with van der Waals surface area (Å²) in [7, 11) is 0. The summed E-state index contributed by atoms with van der Waals surface area (Å²) in [6.45, 7) is 3.95. The molecular formula is C22H22Cl3N3O3. The predicted molar refractivity (Wildman–Crippen MR) is 127 cm³/mol. The van der Waals surface area contributed by atoms with Crippen LogP contribution >= 0.6 is 36.4 Å². The number of rotatable bonds is 3. The van der Waals surface area contributed by atoms with Crippen molar-refractivity contribution in [1.82, 2.24) is 15.2 Å². The van der Waals surface area contributed by atoms with Crippen molar-refractivity contribution < 1.29 is 14.6 Å². The normalized spacial score (nSPS) is 17.2. The van der Waals surface area contributed by atoms with E-state index in [0.717, 1.165) is 42.6 Å². The number of para-hydroxylation sites is 1. The fraction of sp³-hybridized carbons (Fsp3) is 0.227. The van der Waals surface area contributed by atoms with Crippen molar-refractivity contribution in [2.24, 2.45) is 0 Å². The summed E-state index contributed by atoms with van der Waals surface area (Å²) in [6.07, 6.45) is 3.59. The van der Waals surface area contributed by atoms with Crippen LogP contribution in [0, 0.1) is 0 Å². The molecule has 0 radical (unpaired) electrons. The topological polar surface area (TPSA) is 77.6 Å². The smallest absolute Gasteiger partial charge is 0.232 e. The number of carbonyl (C=O) groups excluding carboxylic acids is 1. The Morgan fingerprint density at radius 1 is 1.19 bits per heavy atom. The van der Waals surface area contributed by atoms with Crippen LogP contribution in [0.5, 0.6) is 11.5 Å². The van der Waals surface area contributed by atoms with Gasteiger partial charge in [0.2, 0.25) is 5.78 Å². The van der Waals surface area contributed by atoms with E-state index in [9.17, 15) is 9.90 Å². The van der Waals surface area contributed by atoms with Crippen LogP contribution in [0.4, 0.5) is 0 Å². The van der Waals surface area contributed by atoms with Gasteiger partial charge >= 0.3 is 0 Å². The Morgan fingerprint density at radius 3 is 2.71 bits per heavy atom. The van der Waals surface area contributed by atoms with Crippen molar-refractivity contribution in [2.75, 3.05) is 26.2 Å². The van der Waals surface area contributed by atoms with Crippen molar-refractivity contribution in [3.05, 3.63) is 64.0 Å². The number of H-pyrrole nitrogens is 1. The van der Waals surface area contributed by atoms with Crippen LogP contribution in [0.2, 0.25) is 5.02 Å². The van der Waals surface area contributed by atoms with E-state index in [1.165, 1.54) is 6.07 Å². The quantitative estimate of drug-likeness (QED) is 0.483. The number of phenols is 1. The maximum absolute atomic E-state index is 13.0. The third-order valence-electron chi connectivity index (χ3n) is 5.48. The number of nitrogens with one attached hydrogen (secondary N) is 2. The SMILES string of the molecule is Cl.Cl.O=C1/C(=C/c2c[nH]c3ccccc23)Oc2c1cc(Cl)c(O)c2CN1CCNCC1. The zero-order chi connectivity index (χ0) is 20.0. The number of carbonyl (C=O) groups is 1. The van der Waals surface area contributed by atoms with Crippen LogP contribution in [-0.2, 0) is 6.54 Å².